The van der Waals surface area contributed by atoms with Crippen molar-refractivity contribution < 1.29 is 0 Å². The number of nitrogens with zero attached hydrogens (tertiary/aromatic N) is 2. The molecule has 1 heterocycles. The van der Waals surface area contributed by atoms with Gasteiger partial charge < -0.3 is 4.57 Å². The quantitative estimate of drug-likeness (QED) is 0.808. The fourth-order valence-electron chi connectivity index (χ4n) is 2.39. The lowest BCUT2D eigenvalue weighted by molar-refractivity contribution is 0.133. The molecule has 0 aliphatic carbocycles. The number of aromatic nitrogens is 1. The van der Waals surface area contributed by atoms with Crippen molar-refractivity contribution in [3.63, 3.8) is 0 Å². The van der Waals surface area contributed by atoms with Gasteiger partial charge in [-0.15, -0.1) is 0 Å². The van der Waals surface area contributed by atoms with Crippen molar-refractivity contribution in [1.29, 1.82) is 0 Å². The third-order valence-electron chi connectivity index (χ3n) is 3.38. The lowest BCUT2D eigenvalue weighted by Crippen LogP contribution is -2.38. The van der Waals surface area contributed by atoms with Crippen molar-refractivity contribution in [2.45, 2.75) is 46.4 Å². The summed E-state index contributed by atoms with van der Waals surface area (Å²) in [5.74, 6) is 0. The first-order valence-corrected chi connectivity index (χ1v) is 7.28. The molecule has 0 bridgehead atoms. The summed E-state index contributed by atoms with van der Waals surface area (Å²) in [4.78, 5) is 2.49. The SMILES string of the molecule is CC(C)N(Cn1ccc2cc(Br)ccc21)C(C)C. The summed E-state index contributed by atoms with van der Waals surface area (Å²) >= 11 is 3.52. The van der Waals surface area contributed by atoms with E-state index in [2.05, 4.69) is 83.6 Å². The van der Waals surface area contributed by atoms with E-state index in [1.807, 2.05) is 0 Å². The van der Waals surface area contributed by atoms with Crippen LogP contribution in [0, 0.1) is 0 Å². The van der Waals surface area contributed by atoms with Gasteiger partial charge >= 0.3 is 0 Å². The van der Waals surface area contributed by atoms with E-state index < -0.39 is 0 Å². The number of hydrogen-bond donors (Lipinski definition) is 0. The average molecular weight is 309 g/mol. The van der Waals surface area contributed by atoms with Crippen LogP contribution in [0.3, 0.4) is 0 Å². The van der Waals surface area contributed by atoms with Gasteiger partial charge in [0.15, 0.2) is 0 Å². The van der Waals surface area contributed by atoms with Crippen LogP contribution in [0.2, 0.25) is 0 Å². The smallest absolute Gasteiger partial charge is 0.0755 e. The zero-order valence-electron chi connectivity index (χ0n) is 11.5. The van der Waals surface area contributed by atoms with Crippen LogP contribution in [-0.4, -0.2) is 21.6 Å². The van der Waals surface area contributed by atoms with Crippen molar-refractivity contribution in [2.75, 3.05) is 0 Å². The Labute approximate surface area is 118 Å². The molecule has 98 valence electrons. The van der Waals surface area contributed by atoms with Gasteiger partial charge in [-0.1, -0.05) is 15.9 Å². The molecule has 0 amide bonds. The highest BCUT2D eigenvalue weighted by molar-refractivity contribution is 9.10. The molecule has 0 N–H and O–H groups in total. The van der Waals surface area contributed by atoms with Gasteiger partial charge in [-0.05, 0) is 52.0 Å². The van der Waals surface area contributed by atoms with E-state index in [4.69, 9.17) is 0 Å². The predicted molar refractivity (Wildman–Crippen MR) is 81.7 cm³/mol. The zero-order valence-corrected chi connectivity index (χ0v) is 13.1. The highest BCUT2D eigenvalue weighted by Crippen LogP contribution is 2.22. The van der Waals surface area contributed by atoms with Crippen molar-refractivity contribution in [3.05, 3.63) is 34.9 Å². The average Bonchev–Trinajstić information content (AvgIpc) is 2.67. The van der Waals surface area contributed by atoms with Gasteiger partial charge in [-0.2, -0.15) is 0 Å². The van der Waals surface area contributed by atoms with Crippen LogP contribution in [0.4, 0.5) is 0 Å². The highest BCUT2D eigenvalue weighted by Gasteiger charge is 2.14. The molecular weight excluding hydrogens is 288 g/mol. The van der Waals surface area contributed by atoms with Crippen LogP contribution in [0.15, 0.2) is 34.9 Å². The normalized spacial score (nSPS) is 12.2. The lowest BCUT2D eigenvalue weighted by atomic mass is 10.2. The molecule has 0 aliphatic heterocycles. The molecule has 2 aromatic rings. The van der Waals surface area contributed by atoms with Crippen LogP contribution in [0.1, 0.15) is 27.7 Å². The van der Waals surface area contributed by atoms with Gasteiger partial charge in [0.05, 0.1) is 6.67 Å². The summed E-state index contributed by atoms with van der Waals surface area (Å²) in [5.41, 5.74) is 1.30. The molecule has 18 heavy (non-hydrogen) atoms. The topological polar surface area (TPSA) is 8.17 Å². The first kappa shape index (κ1) is 13.6. The second kappa shape index (κ2) is 5.45. The minimum Gasteiger partial charge on any atom is -0.334 e. The minimum atomic E-state index is 0.554. The molecule has 1 aromatic carbocycles. The summed E-state index contributed by atoms with van der Waals surface area (Å²) in [6.07, 6.45) is 2.18. The number of fused-ring (bicyclic) bond motifs is 1. The monoisotopic (exact) mass is 308 g/mol. The van der Waals surface area contributed by atoms with E-state index in [9.17, 15) is 0 Å². The minimum absolute atomic E-state index is 0.554. The molecule has 0 fully saturated rings. The van der Waals surface area contributed by atoms with Gasteiger partial charge in [0.1, 0.15) is 0 Å². The van der Waals surface area contributed by atoms with E-state index in [0.717, 1.165) is 11.1 Å². The summed E-state index contributed by atoms with van der Waals surface area (Å²) < 4.78 is 3.46. The molecule has 2 rings (SSSR count). The van der Waals surface area contributed by atoms with Crippen LogP contribution in [0.25, 0.3) is 10.9 Å². The molecular formula is C15H21BrN2. The number of rotatable bonds is 4. The standard InChI is InChI=1S/C15H21BrN2/c1-11(2)18(12(3)4)10-17-8-7-13-9-14(16)5-6-15(13)17/h5-9,11-12H,10H2,1-4H3. The Hall–Kier alpha value is -0.800. The second-order valence-electron chi connectivity index (χ2n) is 5.33. The maximum atomic E-state index is 3.52. The fourth-order valence-corrected chi connectivity index (χ4v) is 2.77. The van der Waals surface area contributed by atoms with Gasteiger partial charge in [0.25, 0.3) is 0 Å². The van der Waals surface area contributed by atoms with Crippen molar-refractivity contribution in [1.82, 2.24) is 9.47 Å². The third kappa shape index (κ3) is 2.78. The Kier molecular flexibility index (Phi) is 4.13. The summed E-state index contributed by atoms with van der Waals surface area (Å²) in [6.45, 7) is 9.95. The first-order valence-electron chi connectivity index (χ1n) is 6.49. The summed E-state index contributed by atoms with van der Waals surface area (Å²) in [7, 11) is 0. The Bertz CT molecular complexity index is 520. The Balaban J connectivity index is 2.31. The second-order valence-corrected chi connectivity index (χ2v) is 6.25. The molecule has 0 radical (unpaired) electrons. The van der Waals surface area contributed by atoms with Gasteiger partial charge in [-0.25, -0.2) is 0 Å². The number of halogens is 1. The number of benzene rings is 1. The molecule has 0 atom stereocenters. The highest BCUT2D eigenvalue weighted by atomic mass is 79.9. The molecule has 0 saturated carbocycles. The van der Waals surface area contributed by atoms with Crippen LogP contribution < -0.4 is 0 Å². The van der Waals surface area contributed by atoms with E-state index in [1.165, 1.54) is 10.9 Å². The van der Waals surface area contributed by atoms with Crippen LogP contribution in [0.5, 0.6) is 0 Å². The van der Waals surface area contributed by atoms with Crippen molar-refractivity contribution >= 4 is 26.8 Å². The molecule has 0 saturated heterocycles. The molecule has 3 heteroatoms. The van der Waals surface area contributed by atoms with Crippen LogP contribution >= 0.6 is 15.9 Å². The molecule has 0 spiro atoms. The van der Waals surface area contributed by atoms with Crippen LogP contribution in [-0.2, 0) is 6.67 Å². The van der Waals surface area contributed by atoms with E-state index in [1.54, 1.807) is 0 Å². The van der Waals surface area contributed by atoms with Gasteiger partial charge in [-0.3, -0.25) is 4.90 Å². The molecule has 0 aliphatic rings. The number of hydrogen-bond acceptors (Lipinski definition) is 1. The van der Waals surface area contributed by atoms with Crippen molar-refractivity contribution in [3.8, 4) is 0 Å². The summed E-state index contributed by atoms with van der Waals surface area (Å²) in [6, 6.07) is 9.74. The van der Waals surface area contributed by atoms with Gasteiger partial charge in [0.2, 0.25) is 0 Å². The lowest BCUT2D eigenvalue weighted by Gasteiger charge is -2.31. The maximum absolute atomic E-state index is 3.52. The molecule has 2 nitrogen and oxygen atoms in total. The van der Waals surface area contributed by atoms with E-state index in [0.29, 0.717) is 12.1 Å². The van der Waals surface area contributed by atoms with Crippen molar-refractivity contribution in [2.24, 2.45) is 0 Å². The zero-order chi connectivity index (χ0) is 13.3. The largest absolute Gasteiger partial charge is 0.334 e. The Morgan fingerprint density at radius 2 is 1.78 bits per heavy atom. The molecule has 0 unspecified atom stereocenters. The fraction of sp³-hybridized carbons (Fsp3) is 0.467. The summed E-state index contributed by atoms with van der Waals surface area (Å²) in [5, 5.41) is 1.29. The van der Waals surface area contributed by atoms with E-state index in [-0.39, 0.29) is 0 Å². The molecule has 1 aromatic heterocycles. The predicted octanol–water partition coefficient (Wildman–Crippen LogP) is 4.48. The first-order chi connectivity index (χ1) is 8.49. The van der Waals surface area contributed by atoms with Gasteiger partial charge in [0, 0.05) is 33.7 Å². The third-order valence-corrected chi connectivity index (χ3v) is 3.87. The Morgan fingerprint density at radius 3 is 2.39 bits per heavy atom. The Morgan fingerprint density at radius 1 is 1.11 bits per heavy atom. The maximum Gasteiger partial charge on any atom is 0.0755 e. The van der Waals surface area contributed by atoms with E-state index >= 15 is 0 Å².